The molecule has 0 radical (unpaired) electrons. The summed E-state index contributed by atoms with van der Waals surface area (Å²) in [4.78, 5) is 11.2. The van der Waals surface area contributed by atoms with Crippen LogP contribution in [0.4, 0.5) is 0 Å². The zero-order chi connectivity index (χ0) is 14.3. The Hall–Kier alpha value is -1.81. The lowest BCUT2D eigenvalue weighted by Gasteiger charge is -2.13. The minimum atomic E-state index is -0.389. The van der Waals surface area contributed by atoms with E-state index >= 15 is 0 Å². The number of ether oxygens (including phenoxy) is 3. The Bertz CT molecular complexity index is 422. The van der Waals surface area contributed by atoms with Crippen molar-refractivity contribution in [1.82, 2.24) is 0 Å². The predicted octanol–water partition coefficient (Wildman–Crippen LogP) is 2.72. The molecule has 0 saturated heterocycles. The van der Waals surface area contributed by atoms with Gasteiger partial charge in [0.2, 0.25) is 0 Å². The van der Waals surface area contributed by atoms with Crippen LogP contribution in [0.2, 0.25) is 0 Å². The minimum Gasteiger partial charge on any atom is -0.497 e. The van der Waals surface area contributed by atoms with Gasteiger partial charge in [-0.3, -0.25) is 0 Å². The van der Waals surface area contributed by atoms with Crippen molar-refractivity contribution in [3.63, 3.8) is 0 Å². The molecule has 0 aromatic heterocycles. The largest absolute Gasteiger partial charge is 0.497 e. The Morgan fingerprint density at radius 2 is 1.95 bits per heavy atom. The second-order valence-corrected chi connectivity index (χ2v) is 4.35. The lowest BCUT2D eigenvalue weighted by atomic mass is 10.2. The smallest absolute Gasteiger partial charge is 0.333 e. The molecule has 1 unspecified atom stereocenters. The fourth-order valence-corrected chi connectivity index (χ4v) is 1.32. The van der Waals surface area contributed by atoms with Crippen LogP contribution in [0.25, 0.3) is 0 Å². The van der Waals surface area contributed by atoms with Gasteiger partial charge in [-0.1, -0.05) is 18.7 Å². The van der Waals surface area contributed by atoms with Gasteiger partial charge in [0.1, 0.15) is 12.4 Å². The number of benzene rings is 1. The summed E-state index contributed by atoms with van der Waals surface area (Å²) in [6.07, 6.45) is -0.162. The van der Waals surface area contributed by atoms with Crippen molar-refractivity contribution < 1.29 is 19.0 Å². The lowest BCUT2D eigenvalue weighted by Crippen LogP contribution is -2.19. The third kappa shape index (κ3) is 5.57. The third-order valence-corrected chi connectivity index (χ3v) is 2.49. The average molecular weight is 264 g/mol. The number of hydrogen-bond acceptors (Lipinski definition) is 4. The predicted molar refractivity (Wildman–Crippen MR) is 73.0 cm³/mol. The van der Waals surface area contributed by atoms with Gasteiger partial charge in [0, 0.05) is 5.57 Å². The molecule has 1 aromatic rings. The summed E-state index contributed by atoms with van der Waals surface area (Å²) in [5, 5.41) is 0. The maximum Gasteiger partial charge on any atom is 0.333 e. The Labute approximate surface area is 114 Å². The number of esters is 1. The van der Waals surface area contributed by atoms with Gasteiger partial charge < -0.3 is 14.2 Å². The van der Waals surface area contributed by atoms with Crippen molar-refractivity contribution in [3.05, 3.63) is 42.0 Å². The van der Waals surface area contributed by atoms with Gasteiger partial charge in [-0.2, -0.15) is 0 Å². The maximum atomic E-state index is 11.2. The molecule has 4 heteroatoms. The molecule has 0 aliphatic rings. The zero-order valence-electron chi connectivity index (χ0n) is 11.6. The van der Waals surface area contributed by atoms with Gasteiger partial charge in [0.25, 0.3) is 0 Å². The summed E-state index contributed by atoms with van der Waals surface area (Å²) in [6, 6.07) is 7.63. The first-order valence-electron chi connectivity index (χ1n) is 6.10. The SMILES string of the molecule is C=C(C)C(=O)OCC(C)OCc1ccc(OC)cc1. The number of carbonyl (C=O) groups is 1. The van der Waals surface area contributed by atoms with Crippen LogP contribution in [0.5, 0.6) is 5.75 Å². The highest BCUT2D eigenvalue weighted by atomic mass is 16.6. The Balaban J connectivity index is 2.31. The van der Waals surface area contributed by atoms with Crippen molar-refractivity contribution >= 4 is 5.97 Å². The molecule has 0 amide bonds. The molecule has 1 atom stereocenters. The van der Waals surface area contributed by atoms with Gasteiger partial charge in [-0.05, 0) is 31.5 Å². The Morgan fingerprint density at radius 1 is 1.32 bits per heavy atom. The number of hydrogen-bond donors (Lipinski definition) is 0. The molecule has 1 aromatic carbocycles. The number of rotatable bonds is 7. The molecule has 1 rings (SSSR count). The topological polar surface area (TPSA) is 44.8 Å². The van der Waals surface area contributed by atoms with Crippen molar-refractivity contribution in [2.75, 3.05) is 13.7 Å². The molecular formula is C15H20O4. The fraction of sp³-hybridized carbons (Fsp3) is 0.400. The number of methoxy groups -OCH3 is 1. The zero-order valence-corrected chi connectivity index (χ0v) is 11.6. The molecule has 0 aliphatic carbocycles. The molecular weight excluding hydrogens is 244 g/mol. The van der Waals surface area contributed by atoms with E-state index in [2.05, 4.69) is 6.58 Å². The van der Waals surface area contributed by atoms with E-state index in [1.165, 1.54) is 0 Å². The van der Waals surface area contributed by atoms with Crippen LogP contribution in [0.15, 0.2) is 36.4 Å². The van der Waals surface area contributed by atoms with E-state index in [9.17, 15) is 4.79 Å². The molecule has 4 nitrogen and oxygen atoms in total. The molecule has 0 N–H and O–H groups in total. The van der Waals surface area contributed by atoms with Gasteiger partial charge in [-0.25, -0.2) is 4.79 Å². The van der Waals surface area contributed by atoms with E-state index in [0.29, 0.717) is 12.2 Å². The molecule has 0 saturated carbocycles. The van der Waals surface area contributed by atoms with Crippen LogP contribution in [-0.2, 0) is 20.9 Å². The molecule has 0 spiro atoms. The van der Waals surface area contributed by atoms with E-state index < -0.39 is 0 Å². The summed E-state index contributed by atoms with van der Waals surface area (Å²) in [5.74, 6) is 0.423. The standard InChI is InChI=1S/C15H20O4/c1-11(2)15(16)19-9-12(3)18-10-13-5-7-14(17-4)8-6-13/h5-8,12H,1,9-10H2,2-4H3. The first-order valence-corrected chi connectivity index (χ1v) is 6.10. The molecule has 0 fully saturated rings. The molecule has 0 heterocycles. The highest BCUT2D eigenvalue weighted by Gasteiger charge is 2.08. The van der Waals surface area contributed by atoms with Crippen LogP contribution in [0, 0.1) is 0 Å². The van der Waals surface area contributed by atoms with Crippen molar-refractivity contribution in [1.29, 1.82) is 0 Å². The van der Waals surface area contributed by atoms with E-state index in [1.807, 2.05) is 31.2 Å². The Morgan fingerprint density at radius 3 is 2.47 bits per heavy atom. The lowest BCUT2D eigenvalue weighted by molar-refractivity contribution is -0.143. The van der Waals surface area contributed by atoms with Crippen LogP contribution < -0.4 is 4.74 Å². The van der Waals surface area contributed by atoms with E-state index in [1.54, 1.807) is 14.0 Å². The normalized spacial score (nSPS) is 11.7. The highest BCUT2D eigenvalue weighted by Crippen LogP contribution is 2.12. The van der Waals surface area contributed by atoms with Gasteiger partial charge in [0.05, 0.1) is 19.8 Å². The van der Waals surface area contributed by atoms with E-state index in [0.717, 1.165) is 11.3 Å². The highest BCUT2D eigenvalue weighted by molar-refractivity contribution is 5.86. The molecule has 0 aliphatic heterocycles. The van der Waals surface area contributed by atoms with E-state index in [4.69, 9.17) is 14.2 Å². The van der Waals surface area contributed by atoms with Crippen LogP contribution >= 0.6 is 0 Å². The first kappa shape index (κ1) is 15.2. The van der Waals surface area contributed by atoms with Crippen LogP contribution in [-0.4, -0.2) is 25.8 Å². The quantitative estimate of drug-likeness (QED) is 0.561. The minimum absolute atomic E-state index is 0.162. The summed E-state index contributed by atoms with van der Waals surface area (Å²) in [5.41, 5.74) is 1.43. The molecule has 0 bridgehead atoms. The van der Waals surface area contributed by atoms with Crippen molar-refractivity contribution in [3.8, 4) is 5.75 Å². The van der Waals surface area contributed by atoms with E-state index in [-0.39, 0.29) is 18.7 Å². The molecule has 19 heavy (non-hydrogen) atoms. The van der Waals surface area contributed by atoms with Gasteiger partial charge in [0.15, 0.2) is 0 Å². The van der Waals surface area contributed by atoms with Crippen molar-refractivity contribution in [2.45, 2.75) is 26.6 Å². The third-order valence-electron chi connectivity index (χ3n) is 2.49. The average Bonchev–Trinajstić information content (AvgIpc) is 2.42. The monoisotopic (exact) mass is 264 g/mol. The summed E-state index contributed by atoms with van der Waals surface area (Å²) in [6.45, 7) is 7.68. The fourth-order valence-electron chi connectivity index (χ4n) is 1.32. The number of carbonyl (C=O) groups excluding carboxylic acids is 1. The second-order valence-electron chi connectivity index (χ2n) is 4.35. The Kier molecular flexibility index (Phi) is 6.09. The summed E-state index contributed by atoms with van der Waals surface area (Å²) < 4.78 is 15.7. The summed E-state index contributed by atoms with van der Waals surface area (Å²) in [7, 11) is 1.63. The maximum absolute atomic E-state index is 11.2. The van der Waals surface area contributed by atoms with Gasteiger partial charge >= 0.3 is 5.97 Å². The first-order chi connectivity index (χ1) is 9.02. The van der Waals surface area contributed by atoms with Crippen LogP contribution in [0.3, 0.4) is 0 Å². The van der Waals surface area contributed by atoms with Crippen LogP contribution in [0.1, 0.15) is 19.4 Å². The van der Waals surface area contributed by atoms with Crippen molar-refractivity contribution in [2.24, 2.45) is 0 Å². The van der Waals surface area contributed by atoms with Gasteiger partial charge in [-0.15, -0.1) is 0 Å². The second kappa shape index (κ2) is 7.59. The molecule has 104 valence electrons. The summed E-state index contributed by atoms with van der Waals surface area (Å²) >= 11 is 0.